The maximum Gasteiger partial charge on any atom is 0.317 e. The van der Waals surface area contributed by atoms with Crippen molar-refractivity contribution in [2.75, 3.05) is 4.61 Å². The van der Waals surface area contributed by atoms with Crippen molar-refractivity contribution >= 4 is 22.6 Å². The molecule has 48 valence electrons. The van der Waals surface area contributed by atoms with Gasteiger partial charge in [0.05, 0.1) is 0 Å². The lowest BCUT2D eigenvalue weighted by Crippen LogP contribution is -1.92. The highest BCUT2D eigenvalue weighted by atomic mass is 127. The van der Waals surface area contributed by atoms with Gasteiger partial charge < -0.3 is 4.74 Å². The van der Waals surface area contributed by atoms with Crippen LogP contribution in [-0.4, -0.2) is 14.6 Å². The minimum atomic E-state index is 0.437. The summed E-state index contributed by atoms with van der Waals surface area (Å²) in [5.74, 6) is 0. The maximum absolute atomic E-state index is 4.97. The van der Waals surface area contributed by atoms with Crippen LogP contribution < -0.4 is 4.74 Å². The number of nitrogens with zero attached hydrogens (tertiary/aromatic N) is 2. The van der Waals surface area contributed by atoms with Crippen LogP contribution in [0.1, 0.15) is 0 Å². The highest BCUT2D eigenvalue weighted by Crippen LogP contribution is 1.97. The molecule has 9 heavy (non-hydrogen) atoms. The van der Waals surface area contributed by atoms with Crippen molar-refractivity contribution in [3.05, 3.63) is 18.5 Å². The van der Waals surface area contributed by atoms with Crippen LogP contribution in [0.4, 0.5) is 0 Å². The summed E-state index contributed by atoms with van der Waals surface area (Å²) in [6, 6.07) is 2.19. The zero-order chi connectivity index (χ0) is 6.53. The third kappa shape index (κ3) is 2.13. The SMILES string of the molecule is ICOc1ncccn1. The van der Waals surface area contributed by atoms with Crippen molar-refractivity contribution in [2.45, 2.75) is 0 Å². The minimum absolute atomic E-state index is 0.437. The molecule has 0 atom stereocenters. The van der Waals surface area contributed by atoms with Crippen LogP contribution in [0.25, 0.3) is 0 Å². The van der Waals surface area contributed by atoms with E-state index in [9.17, 15) is 0 Å². The average molecular weight is 236 g/mol. The molecule has 1 aromatic heterocycles. The van der Waals surface area contributed by atoms with Crippen LogP contribution in [-0.2, 0) is 0 Å². The Bertz CT molecular complexity index is 168. The molecule has 0 saturated carbocycles. The number of alkyl halides is 1. The van der Waals surface area contributed by atoms with Crippen LogP contribution in [0, 0.1) is 0 Å². The fourth-order valence-electron chi connectivity index (χ4n) is 0.409. The molecule has 1 aromatic rings. The summed E-state index contributed by atoms with van der Waals surface area (Å²) in [5, 5.41) is 0. The van der Waals surface area contributed by atoms with E-state index in [0.717, 1.165) is 0 Å². The number of hydrogen-bond acceptors (Lipinski definition) is 3. The Kier molecular flexibility index (Phi) is 2.69. The summed E-state index contributed by atoms with van der Waals surface area (Å²) in [5.41, 5.74) is 0. The van der Waals surface area contributed by atoms with Gasteiger partial charge in [0.15, 0.2) is 0 Å². The predicted molar refractivity (Wildman–Crippen MR) is 41.5 cm³/mol. The lowest BCUT2D eigenvalue weighted by atomic mass is 10.7. The molecule has 0 aromatic carbocycles. The first-order valence-electron chi connectivity index (χ1n) is 2.39. The number of halogens is 1. The zero-order valence-electron chi connectivity index (χ0n) is 4.62. The van der Waals surface area contributed by atoms with Crippen molar-refractivity contribution in [1.82, 2.24) is 9.97 Å². The molecule has 0 N–H and O–H groups in total. The molecule has 3 nitrogen and oxygen atoms in total. The Labute approximate surface area is 66.6 Å². The highest BCUT2D eigenvalue weighted by Gasteiger charge is 1.88. The molecule has 0 saturated heterocycles. The first kappa shape index (κ1) is 6.73. The third-order valence-corrected chi connectivity index (χ3v) is 1.04. The number of rotatable bonds is 2. The second-order valence-electron chi connectivity index (χ2n) is 1.28. The Balaban J connectivity index is 2.61. The molecule has 0 aliphatic rings. The van der Waals surface area contributed by atoms with E-state index in [2.05, 4.69) is 32.6 Å². The molecule has 0 fully saturated rings. The number of ether oxygens (including phenoxy) is 1. The van der Waals surface area contributed by atoms with Gasteiger partial charge in [-0.2, -0.15) is 0 Å². The first-order valence-corrected chi connectivity index (χ1v) is 3.92. The monoisotopic (exact) mass is 236 g/mol. The van der Waals surface area contributed by atoms with E-state index in [1.54, 1.807) is 18.5 Å². The molecule has 0 unspecified atom stereocenters. The molecule has 0 amide bonds. The van der Waals surface area contributed by atoms with Crippen molar-refractivity contribution < 1.29 is 4.74 Å². The second-order valence-corrected chi connectivity index (χ2v) is 1.91. The van der Waals surface area contributed by atoms with Crippen LogP contribution in [0.5, 0.6) is 6.01 Å². The molecule has 0 spiro atoms. The van der Waals surface area contributed by atoms with E-state index in [0.29, 0.717) is 10.6 Å². The zero-order valence-corrected chi connectivity index (χ0v) is 6.78. The van der Waals surface area contributed by atoms with Crippen LogP contribution in [0.15, 0.2) is 18.5 Å². The van der Waals surface area contributed by atoms with E-state index < -0.39 is 0 Å². The minimum Gasteiger partial charge on any atom is -0.453 e. The third-order valence-electron chi connectivity index (χ3n) is 0.726. The Hall–Kier alpha value is -0.390. The van der Waals surface area contributed by atoms with E-state index in [4.69, 9.17) is 4.74 Å². The maximum atomic E-state index is 4.97. The van der Waals surface area contributed by atoms with Crippen LogP contribution in [0.3, 0.4) is 0 Å². The molecule has 0 radical (unpaired) electrons. The van der Waals surface area contributed by atoms with E-state index in [1.807, 2.05) is 0 Å². The van der Waals surface area contributed by atoms with Gasteiger partial charge in [-0.05, 0) is 28.7 Å². The quantitative estimate of drug-likeness (QED) is 0.572. The van der Waals surface area contributed by atoms with Crippen LogP contribution >= 0.6 is 22.6 Å². The van der Waals surface area contributed by atoms with Crippen molar-refractivity contribution in [1.29, 1.82) is 0 Å². The van der Waals surface area contributed by atoms with Crippen molar-refractivity contribution in [2.24, 2.45) is 0 Å². The van der Waals surface area contributed by atoms with Gasteiger partial charge >= 0.3 is 6.01 Å². The molecule has 4 heteroatoms. The number of hydrogen-bond donors (Lipinski definition) is 0. The van der Waals surface area contributed by atoms with Crippen LogP contribution in [0.2, 0.25) is 0 Å². The summed E-state index contributed by atoms with van der Waals surface area (Å²) >= 11 is 2.09. The molecule has 0 bridgehead atoms. The first-order chi connectivity index (χ1) is 4.43. The van der Waals surface area contributed by atoms with Gasteiger partial charge in [-0.1, -0.05) is 0 Å². The topological polar surface area (TPSA) is 35.0 Å². The van der Waals surface area contributed by atoms with Crippen molar-refractivity contribution in [3.63, 3.8) is 0 Å². The lowest BCUT2D eigenvalue weighted by Gasteiger charge is -1.94. The molecule has 1 heterocycles. The van der Waals surface area contributed by atoms with Gasteiger partial charge in [0.25, 0.3) is 0 Å². The van der Waals surface area contributed by atoms with E-state index >= 15 is 0 Å². The highest BCUT2D eigenvalue weighted by molar-refractivity contribution is 14.1. The normalized spacial score (nSPS) is 9.00. The Morgan fingerprint density at radius 3 is 2.67 bits per heavy atom. The predicted octanol–water partition coefficient (Wildman–Crippen LogP) is 1.25. The standard InChI is InChI=1S/C5H5IN2O/c6-4-9-5-7-2-1-3-8-5/h1-3H,4H2. The van der Waals surface area contributed by atoms with Gasteiger partial charge in [-0.15, -0.1) is 0 Å². The Morgan fingerprint density at radius 2 is 2.11 bits per heavy atom. The van der Waals surface area contributed by atoms with Gasteiger partial charge in [-0.3, -0.25) is 0 Å². The van der Waals surface area contributed by atoms with E-state index in [-0.39, 0.29) is 0 Å². The molecular formula is C5H5IN2O. The largest absolute Gasteiger partial charge is 0.453 e. The summed E-state index contributed by atoms with van der Waals surface area (Å²) < 4.78 is 5.56. The Morgan fingerprint density at radius 1 is 1.44 bits per heavy atom. The molecule has 0 aliphatic carbocycles. The molecule has 1 rings (SSSR count). The molecular weight excluding hydrogens is 231 g/mol. The summed E-state index contributed by atoms with van der Waals surface area (Å²) in [4.78, 5) is 7.66. The van der Waals surface area contributed by atoms with Gasteiger partial charge in [0.1, 0.15) is 4.61 Å². The van der Waals surface area contributed by atoms with Gasteiger partial charge in [-0.25, -0.2) is 9.97 Å². The van der Waals surface area contributed by atoms with Crippen molar-refractivity contribution in [3.8, 4) is 6.01 Å². The summed E-state index contributed by atoms with van der Waals surface area (Å²) in [6.45, 7) is 0. The number of aromatic nitrogens is 2. The summed E-state index contributed by atoms with van der Waals surface area (Å²) in [6.07, 6.45) is 3.29. The van der Waals surface area contributed by atoms with Gasteiger partial charge in [0.2, 0.25) is 0 Å². The fraction of sp³-hybridized carbons (Fsp3) is 0.200. The van der Waals surface area contributed by atoms with Gasteiger partial charge in [0, 0.05) is 12.4 Å². The lowest BCUT2D eigenvalue weighted by molar-refractivity contribution is 0.370. The average Bonchev–Trinajstić information content (AvgIpc) is 1.91. The summed E-state index contributed by atoms with van der Waals surface area (Å²) in [7, 11) is 0. The fourth-order valence-corrected chi connectivity index (χ4v) is 0.687. The molecule has 0 aliphatic heterocycles. The second kappa shape index (κ2) is 3.60. The van der Waals surface area contributed by atoms with E-state index in [1.165, 1.54) is 0 Å². The smallest absolute Gasteiger partial charge is 0.317 e.